The SMILES string of the molecule is C=CC1CB(c2ccccc2)C=C1C(C)(C)C. The van der Waals surface area contributed by atoms with Crippen molar-refractivity contribution >= 4 is 12.2 Å². The summed E-state index contributed by atoms with van der Waals surface area (Å²) in [5, 5.41) is 0. The molecule has 17 heavy (non-hydrogen) atoms. The fourth-order valence-corrected chi connectivity index (χ4v) is 2.77. The van der Waals surface area contributed by atoms with Crippen LogP contribution in [0.2, 0.25) is 6.32 Å². The van der Waals surface area contributed by atoms with E-state index in [1.54, 1.807) is 5.57 Å². The zero-order valence-corrected chi connectivity index (χ0v) is 11.1. The lowest BCUT2D eigenvalue weighted by Crippen LogP contribution is -2.26. The van der Waals surface area contributed by atoms with Crippen molar-refractivity contribution < 1.29 is 0 Å². The molecule has 2 rings (SSSR count). The van der Waals surface area contributed by atoms with Gasteiger partial charge in [-0.25, -0.2) is 0 Å². The van der Waals surface area contributed by atoms with Crippen molar-refractivity contribution in [2.75, 3.05) is 0 Å². The lowest BCUT2D eigenvalue weighted by molar-refractivity contribution is 0.467. The highest BCUT2D eigenvalue weighted by Crippen LogP contribution is 2.39. The fourth-order valence-electron chi connectivity index (χ4n) is 2.77. The standard InChI is InChI=1S/C16H21B/c1-5-13-11-17(12-15(13)16(2,3)4)14-9-7-6-8-10-14/h5-10,12-13H,1,11H2,2-4H3. The number of benzene rings is 1. The number of hydrogen-bond acceptors (Lipinski definition) is 0. The van der Waals surface area contributed by atoms with Crippen molar-refractivity contribution in [3.8, 4) is 0 Å². The van der Waals surface area contributed by atoms with Crippen LogP contribution < -0.4 is 5.46 Å². The highest BCUT2D eigenvalue weighted by Gasteiger charge is 2.33. The van der Waals surface area contributed by atoms with Crippen LogP contribution in [0.3, 0.4) is 0 Å². The highest BCUT2D eigenvalue weighted by atomic mass is 14.3. The minimum atomic E-state index is 0.252. The summed E-state index contributed by atoms with van der Waals surface area (Å²) < 4.78 is 0. The summed E-state index contributed by atoms with van der Waals surface area (Å²) in [5.74, 6) is 3.00. The van der Waals surface area contributed by atoms with Gasteiger partial charge >= 0.3 is 0 Å². The summed E-state index contributed by atoms with van der Waals surface area (Å²) in [6.45, 7) is 11.4. The van der Waals surface area contributed by atoms with Crippen LogP contribution in [0.4, 0.5) is 0 Å². The Balaban J connectivity index is 2.30. The van der Waals surface area contributed by atoms with E-state index < -0.39 is 0 Å². The van der Waals surface area contributed by atoms with Crippen LogP contribution >= 0.6 is 0 Å². The largest absolute Gasteiger partial charge is 0.201 e. The molecule has 1 aromatic carbocycles. The predicted molar refractivity (Wildman–Crippen MR) is 77.9 cm³/mol. The van der Waals surface area contributed by atoms with E-state index in [1.165, 1.54) is 11.8 Å². The third-order valence-corrected chi connectivity index (χ3v) is 3.67. The Hall–Kier alpha value is -1.24. The smallest absolute Gasteiger partial charge is 0.110 e. The van der Waals surface area contributed by atoms with Gasteiger partial charge in [0.2, 0.25) is 6.71 Å². The maximum atomic E-state index is 3.99. The molecule has 88 valence electrons. The van der Waals surface area contributed by atoms with Crippen LogP contribution in [-0.4, -0.2) is 6.71 Å². The summed E-state index contributed by atoms with van der Waals surface area (Å²) in [6, 6.07) is 10.8. The van der Waals surface area contributed by atoms with Crippen molar-refractivity contribution in [1.82, 2.24) is 0 Å². The molecule has 1 aromatic rings. The second-order valence-electron chi connectivity index (χ2n) is 5.97. The topological polar surface area (TPSA) is 0 Å². The van der Waals surface area contributed by atoms with E-state index in [1.807, 2.05) is 0 Å². The molecule has 0 amide bonds. The Kier molecular flexibility index (Phi) is 3.28. The molecule has 0 aromatic heterocycles. The van der Waals surface area contributed by atoms with Gasteiger partial charge < -0.3 is 0 Å². The second-order valence-corrected chi connectivity index (χ2v) is 5.97. The number of rotatable bonds is 2. The molecular weight excluding hydrogens is 203 g/mol. The second kappa shape index (κ2) is 4.56. The molecule has 0 saturated carbocycles. The molecule has 1 unspecified atom stereocenters. The molecule has 1 aliphatic rings. The van der Waals surface area contributed by atoms with E-state index in [9.17, 15) is 0 Å². The minimum absolute atomic E-state index is 0.252. The predicted octanol–water partition coefficient (Wildman–Crippen LogP) is 3.72. The number of allylic oxidation sites excluding steroid dienone is 2. The molecule has 0 radical (unpaired) electrons. The Morgan fingerprint density at radius 1 is 1.24 bits per heavy atom. The van der Waals surface area contributed by atoms with Crippen LogP contribution in [0.5, 0.6) is 0 Å². The summed E-state index contributed by atoms with van der Waals surface area (Å²) >= 11 is 0. The molecule has 0 aliphatic carbocycles. The van der Waals surface area contributed by atoms with Gasteiger partial charge in [-0.2, -0.15) is 0 Å². The molecule has 0 N–H and O–H groups in total. The van der Waals surface area contributed by atoms with Gasteiger partial charge in [-0.3, -0.25) is 0 Å². The quantitative estimate of drug-likeness (QED) is 0.530. The highest BCUT2D eigenvalue weighted by molar-refractivity contribution is 6.78. The van der Waals surface area contributed by atoms with E-state index in [4.69, 9.17) is 0 Å². The summed E-state index contributed by atoms with van der Waals surface area (Å²) in [6.07, 6.45) is 3.29. The van der Waals surface area contributed by atoms with E-state index in [0.29, 0.717) is 12.6 Å². The Labute approximate surface area is 106 Å². The maximum Gasteiger partial charge on any atom is 0.201 e. The average molecular weight is 224 g/mol. The third-order valence-electron chi connectivity index (χ3n) is 3.67. The molecule has 1 atom stereocenters. The van der Waals surface area contributed by atoms with Crippen LogP contribution in [0.1, 0.15) is 20.8 Å². The lowest BCUT2D eigenvalue weighted by Gasteiger charge is -2.25. The Morgan fingerprint density at radius 3 is 2.35 bits per heavy atom. The van der Waals surface area contributed by atoms with Gasteiger partial charge in [0.15, 0.2) is 0 Å². The summed E-state index contributed by atoms with van der Waals surface area (Å²) in [4.78, 5) is 0. The Morgan fingerprint density at radius 2 is 1.88 bits per heavy atom. The van der Waals surface area contributed by atoms with Gasteiger partial charge in [0, 0.05) is 0 Å². The van der Waals surface area contributed by atoms with Crippen LogP contribution in [0.25, 0.3) is 0 Å². The minimum Gasteiger partial charge on any atom is -0.110 e. The van der Waals surface area contributed by atoms with Crippen LogP contribution in [-0.2, 0) is 0 Å². The van der Waals surface area contributed by atoms with Gasteiger partial charge in [0.1, 0.15) is 0 Å². The zero-order valence-electron chi connectivity index (χ0n) is 11.1. The van der Waals surface area contributed by atoms with E-state index >= 15 is 0 Å². The van der Waals surface area contributed by atoms with E-state index in [-0.39, 0.29) is 5.41 Å². The van der Waals surface area contributed by atoms with Crippen molar-refractivity contribution in [2.45, 2.75) is 27.1 Å². The first kappa shape index (κ1) is 12.2. The van der Waals surface area contributed by atoms with Crippen molar-refractivity contribution in [1.29, 1.82) is 0 Å². The maximum absolute atomic E-state index is 3.99. The summed E-state index contributed by atoms with van der Waals surface area (Å²) in [7, 11) is 0. The number of hydrogen-bond donors (Lipinski definition) is 0. The third kappa shape index (κ3) is 2.54. The van der Waals surface area contributed by atoms with Gasteiger partial charge in [-0.1, -0.05) is 74.5 Å². The zero-order chi connectivity index (χ0) is 12.5. The first-order valence-electron chi connectivity index (χ1n) is 6.42. The molecule has 0 spiro atoms. The average Bonchev–Trinajstić information content (AvgIpc) is 2.74. The first-order chi connectivity index (χ1) is 8.02. The lowest BCUT2D eigenvalue weighted by atomic mass is 9.44. The molecule has 0 bridgehead atoms. The molecule has 0 fully saturated rings. The molecule has 1 heteroatoms. The molecule has 0 saturated heterocycles. The van der Waals surface area contributed by atoms with Gasteiger partial charge in [0.25, 0.3) is 0 Å². The van der Waals surface area contributed by atoms with Gasteiger partial charge in [0.05, 0.1) is 0 Å². The Bertz CT molecular complexity index is 423. The van der Waals surface area contributed by atoms with Gasteiger partial charge in [-0.05, 0) is 11.3 Å². The molecule has 0 nitrogen and oxygen atoms in total. The van der Waals surface area contributed by atoms with Gasteiger partial charge in [-0.15, -0.1) is 12.6 Å². The van der Waals surface area contributed by atoms with Crippen molar-refractivity contribution in [3.63, 3.8) is 0 Å². The fraction of sp³-hybridized carbons (Fsp3) is 0.375. The van der Waals surface area contributed by atoms with Crippen molar-refractivity contribution in [3.05, 3.63) is 54.5 Å². The summed E-state index contributed by atoms with van der Waals surface area (Å²) in [5.41, 5.74) is 3.22. The molecule has 1 aliphatic heterocycles. The molecule has 1 heterocycles. The first-order valence-corrected chi connectivity index (χ1v) is 6.42. The van der Waals surface area contributed by atoms with E-state index in [2.05, 4.69) is 69.7 Å². The van der Waals surface area contributed by atoms with E-state index in [0.717, 1.165) is 0 Å². The monoisotopic (exact) mass is 224 g/mol. The van der Waals surface area contributed by atoms with Crippen molar-refractivity contribution in [2.24, 2.45) is 11.3 Å². The molecular formula is C16H21B. The van der Waals surface area contributed by atoms with Crippen LogP contribution in [0.15, 0.2) is 54.5 Å². The normalized spacial score (nSPS) is 20.3. The van der Waals surface area contributed by atoms with Crippen LogP contribution in [0, 0.1) is 11.3 Å².